The molecule has 1 heteroatoms. The first-order valence-corrected chi connectivity index (χ1v) is 5.90. The zero-order valence-electron chi connectivity index (χ0n) is 10.2. The van der Waals surface area contributed by atoms with Gasteiger partial charge in [0.1, 0.15) is 0 Å². The monoisotopic (exact) mass is 206 g/mol. The molecule has 0 heterocycles. The Morgan fingerprint density at radius 2 is 2.07 bits per heavy atom. The summed E-state index contributed by atoms with van der Waals surface area (Å²) in [5.74, 6) is 0.199. The van der Waals surface area contributed by atoms with E-state index in [1.165, 1.54) is 12.8 Å². The second kappa shape index (κ2) is 4.78. The predicted octanol–water partition coefficient (Wildman–Crippen LogP) is 4.05. The molecule has 0 amide bonds. The number of Topliss-reactive ketones (excluding diaryl/α,β-unsaturated/α-hetero) is 1. The van der Waals surface area contributed by atoms with E-state index < -0.39 is 0 Å². The van der Waals surface area contributed by atoms with E-state index in [9.17, 15) is 4.79 Å². The maximum Gasteiger partial charge on any atom is 0.184 e. The third-order valence-corrected chi connectivity index (χ3v) is 2.90. The van der Waals surface area contributed by atoms with Crippen LogP contribution in [0.2, 0.25) is 0 Å². The molecule has 1 nitrogen and oxygen atoms in total. The van der Waals surface area contributed by atoms with Crippen molar-refractivity contribution in [2.45, 2.75) is 52.9 Å². The van der Waals surface area contributed by atoms with Crippen molar-refractivity contribution in [1.82, 2.24) is 0 Å². The molecule has 0 saturated carbocycles. The van der Waals surface area contributed by atoms with Gasteiger partial charge in [-0.1, -0.05) is 46.3 Å². The molecule has 0 aromatic carbocycles. The summed E-state index contributed by atoms with van der Waals surface area (Å²) in [5.41, 5.74) is 1.89. The second-order valence-corrected chi connectivity index (χ2v) is 5.22. The van der Waals surface area contributed by atoms with E-state index in [2.05, 4.69) is 33.4 Å². The van der Waals surface area contributed by atoms with Gasteiger partial charge in [0.05, 0.1) is 0 Å². The van der Waals surface area contributed by atoms with Gasteiger partial charge in [-0.15, -0.1) is 0 Å². The lowest BCUT2D eigenvalue weighted by atomic mass is 9.76. The van der Waals surface area contributed by atoms with Crippen molar-refractivity contribution in [2.75, 3.05) is 0 Å². The van der Waals surface area contributed by atoms with Gasteiger partial charge < -0.3 is 0 Å². The fraction of sp³-hybridized carbons (Fsp3) is 0.643. The first-order chi connectivity index (χ1) is 6.96. The van der Waals surface area contributed by atoms with Crippen molar-refractivity contribution < 1.29 is 4.79 Å². The second-order valence-electron chi connectivity index (χ2n) is 5.22. The Balaban J connectivity index is 2.71. The van der Waals surface area contributed by atoms with Crippen LogP contribution >= 0.6 is 0 Å². The smallest absolute Gasteiger partial charge is 0.184 e. The number of hydrogen-bond donors (Lipinski definition) is 0. The summed E-state index contributed by atoms with van der Waals surface area (Å²) in [6.45, 7) is 10.4. The molecular weight excluding hydrogens is 184 g/mol. The van der Waals surface area contributed by atoms with E-state index in [1.54, 1.807) is 0 Å². The van der Waals surface area contributed by atoms with Gasteiger partial charge in [-0.05, 0) is 35.8 Å². The van der Waals surface area contributed by atoms with Crippen LogP contribution in [0.5, 0.6) is 0 Å². The molecule has 1 aliphatic rings. The molecule has 15 heavy (non-hydrogen) atoms. The maximum atomic E-state index is 11.8. The number of ketones is 1. The van der Waals surface area contributed by atoms with Crippen LogP contribution in [-0.2, 0) is 4.79 Å². The zero-order valence-corrected chi connectivity index (χ0v) is 10.2. The molecule has 0 N–H and O–H groups in total. The standard InChI is InChI=1S/C14H22O/c1-5-6-7-8-12-10-14(3,4)9-11(2)13(12)15/h10H,2,5-9H2,1,3-4H3. The predicted molar refractivity (Wildman–Crippen MR) is 64.8 cm³/mol. The fourth-order valence-corrected chi connectivity index (χ4v) is 2.20. The molecule has 0 unspecified atom stereocenters. The normalized spacial score (nSPS) is 20.3. The summed E-state index contributed by atoms with van der Waals surface area (Å²) in [5, 5.41) is 0. The lowest BCUT2D eigenvalue weighted by Gasteiger charge is -2.28. The number of carbonyl (C=O) groups is 1. The van der Waals surface area contributed by atoms with E-state index in [1.807, 2.05) is 0 Å². The molecule has 1 aliphatic carbocycles. The summed E-state index contributed by atoms with van der Waals surface area (Å²) in [6.07, 6.45) is 7.42. The average molecular weight is 206 g/mol. The molecule has 0 aromatic heterocycles. The van der Waals surface area contributed by atoms with Crippen molar-refractivity contribution in [3.05, 3.63) is 23.8 Å². The number of carbonyl (C=O) groups excluding carboxylic acids is 1. The largest absolute Gasteiger partial charge is 0.289 e. The van der Waals surface area contributed by atoms with E-state index in [4.69, 9.17) is 0 Å². The molecule has 0 radical (unpaired) electrons. The number of hydrogen-bond acceptors (Lipinski definition) is 1. The number of rotatable bonds is 4. The third-order valence-electron chi connectivity index (χ3n) is 2.90. The van der Waals surface area contributed by atoms with Crippen LogP contribution in [0.15, 0.2) is 23.8 Å². The summed E-state index contributed by atoms with van der Waals surface area (Å²) < 4.78 is 0. The van der Waals surface area contributed by atoms with Crippen LogP contribution < -0.4 is 0 Å². The number of unbranched alkanes of at least 4 members (excludes halogenated alkanes) is 2. The van der Waals surface area contributed by atoms with Gasteiger partial charge in [0.25, 0.3) is 0 Å². The van der Waals surface area contributed by atoms with Crippen molar-refractivity contribution in [3.63, 3.8) is 0 Å². The topological polar surface area (TPSA) is 17.1 Å². The molecule has 0 spiro atoms. The summed E-state index contributed by atoms with van der Waals surface area (Å²) in [6, 6.07) is 0. The summed E-state index contributed by atoms with van der Waals surface area (Å²) in [4.78, 5) is 11.8. The quantitative estimate of drug-likeness (QED) is 0.501. The van der Waals surface area contributed by atoms with E-state index in [0.717, 1.165) is 30.4 Å². The average Bonchev–Trinajstić information content (AvgIpc) is 2.12. The van der Waals surface area contributed by atoms with Crippen LogP contribution in [-0.4, -0.2) is 5.78 Å². The third kappa shape index (κ3) is 3.33. The number of allylic oxidation sites excluding steroid dienone is 3. The van der Waals surface area contributed by atoms with Crippen LogP contribution in [0.3, 0.4) is 0 Å². The molecule has 0 fully saturated rings. The molecule has 0 aromatic rings. The molecule has 0 aliphatic heterocycles. The Hall–Kier alpha value is -0.850. The Morgan fingerprint density at radius 3 is 2.67 bits per heavy atom. The van der Waals surface area contributed by atoms with Gasteiger partial charge in [0, 0.05) is 0 Å². The molecule has 84 valence electrons. The molecule has 0 saturated heterocycles. The Labute approximate surface area is 93.3 Å². The van der Waals surface area contributed by atoms with Crippen LogP contribution in [0.1, 0.15) is 52.9 Å². The summed E-state index contributed by atoms with van der Waals surface area (Å²) in [7, 11) is 0. The van der Waals surface area contributed by atoms with Crippen LogP contribution in [0.25, 0.3) is 0 Å². The van der Waals surface area contributed by atoms with Crippen molar-refractivity contribution in [3.8, 4) is 0 Å². The zero-order chi connectivity index (χ0) is 11.5. The Bertz CT molecular complexity index is 294. The minimum absolute atomic E-state index is 0.118. The fourth-order valence-electron chi connectivity index (χ4n) is 2.20. The Morgan fingerprint density at radius 1 is 1.40 bits per heavy atom. The van der Waals surface area contributed by atoms with Gasteiger partial charge in [-0.25, -0.2) is 0 Å². The SMILES string of the molecule is C=C1CC(C)(C)C=C(CCCCC)C1=O. The Kier molecular flexibility index (Phi) is 3.90. The van der Waals surface area contributed by atoms with Crippen LogP contribution in [0, 0.1) is 5.41 Å². The molecule has 1 rings (SSSR count). The van der Waals surface area contributed by atoms with Crippen molar-refractivity contribution in [1.29, 1.82) is 0 Å². The van der Waals surface area contributed by atoms with E-state index >= 15 is 0 Å². The summed E-state index contributed by atoms with van der Waals surface area (Å²) >= 11 is 0. The van der Waals surface area contributed by atoms with Gasteiger partial charge in [-0.2, -0.15) is 0 Å². The van der Waals surface area contributed by atoms with Gasteiger partial charge in [-0.3, -0.25) is 4.79 Å². The lowest BCUT2D eigenvalue weighted by molar-refractivity contribution is -0.113. The van der Waals surface area contributed by atoms with Gasteiger partial charge >= 0.3 is 0 Å². The van der Waals surface area contributed by atoms with E-state index in [-0.39, 0.29) is 11.2 Å². The highest BCUT2D eigenvalue weighted by atomic mass is 16.1. The first kappa shape index (κ1) is 12.2. The maximum absolute atomic E-state index is 11.8. The van der Waals surface area contributed by atoms with E-state index in [0.29, 0.717) is 0 Å². The molecule has 0 bridgehead atoms. The van der Waals surface area contributed by atoms with Gasteiger partial charge in [0.15, 0.2) is 5.78 Å². The van der Waals surface area contributed by atoms with Crippen LogP contribution in [0.4, 0.5) is 0 Å². The highest BCUT2D eigenvalue weighted by molar-refractivity contribution is 6.08. The van der Waals surface area contributed by atoms with Gasteiger partial charge in [0.2, 0.25) is 0 Å². The minimum Gasteiger partial charge on any atom is -0.289 e. The molecular formula is C14H22O. The first-order valence-electron chi connectivity index (χ1n) is 5.90. The minimum atomic E-state index is 0.118. The molecule has 0 atom stereocenters. The van der Waals surface area contributed by atoms with Crippen molar-refractivity contribution in [2.24, 2.45) is 5.41 Å². The lowest BCUT2D eigenvalue weighted by Crippen LogP contribution is -2.22. The van der Waals surface area contributed by atoms with Crippen molar-refractivity contribution >= 4 is 5.78 Å². The highest BCUT2D eigenvalue weighted by Crippen LogP contribution is 2.35. The highest BCUT2D eigenvalue weighted by Gasteiger charge is 2.28.